The van der Waals surface area contributed by atoms with E-state index in [9.17, 15) is 0 Å². The first-order valence-corrected chi connectivity index (χ1v) is 6.52. The van der Waals surface area contributed by atoms with Crippen molar-refractivity contribution in [3.8, 4) is 0 Å². The highest BCUT2D eigenvalue weighted by Gasteiger charge is 2.30. The lowest BCUT2D eigenvalue weighted by molar-refractivity contribution is 0.279. The maximum Gasteiger partial charge on any atom is 0.195 e. The molecule has 0 amide bonds. The first-order valence-electron chi connectivity index (χ1n) is 6.11. The molecule has 2 fully saturated rings. The second-order valence-electron chi connectivity index (χ2n) is 5.05. The van der Waals surface area contributed by atoms with Crippen molar-refractivity contribution in [1.29, 1.82) is 0 Å². The summed E-state index contributed by atoms with van der Waals surface area (Å²) in [6.45, 7) is 2.23. The van der Waals surface area contributed by atoms with E-state index >= 15 is 0 Å². The van der Waals surface area contributed by atoms with Crippen LogP contribution in [0.5, 0.6) is 0 Å². The van der Waals surface area contributed by atoms with Crippen LogP contribution in [0.2, 0.25) is 0 Å². The fourth-order valence-corrected chi connectivity index (χ4v) is 2.79. The molecule has 1 aliphatic heterocycles. The molecule has 2 heterocycles. The number of hydrogen-bond donors (Lipinski definition) is 1. The van der Waals surface area contributed by atoms with Crippen LogP contribution >= 0.6 is 12.2 Å². The summed E-state index contributed by atoms with van der Waals surface area (Å²) < 4.78 is 3.02. The van der Waals surface area contributed by atoms with Crippen molar-refractivity contribution in [3.05, 3.63) is 10.6 Å². The van der Waals surface area contributed by atoms with Crippen molar-refractivity contribution in [1.82, 2.24) is 19.7 Å². The van der Waals surface area contributed by atoms with E-state index in [0.29, 0.717) is 12.0 Å². The standard InChI is InChI=1S/C11H18N4S/c1-14-6-2-3-9(14)7-15-10(8-4-5-8)12-13-11(15)16/h8-9H,2-7H2,1H3,(H,13,16). The minimum Gasteiger partial charge on any atom is -0.302 e. The number of likely N-dealkylation sites (N-methyl/N-ethyl adjacent to an activating group) is 1. The van der Waals surface area contributed by atoms with E-state index in [1.165, 1.54) is 38.1 Å². The van der Waals surface area contributed by atoms with Gasteiger partial charge in [-0.2, -0.15) is 5.10 Å². The summed E-state index contributed by atoms with van der Waals surface area (Å²) >= 11 is 5.32. The second-order valence-corrected chi connectivity index (χ2v) is 5.44. The van der Waals surface area contributed by atoms with E-state index in [1.54, 1.807) is 0 Å². The largest absolute Gasteiger partial charge is 0.302 e. The Morgan fingerprint density at radius 2 is 2.25 bits per heavy atom. The molecule has 3 rings (SSSR count). The Morgan fingerprint density at radius 3 is 2.88 bits per heavy atom. The first kappa shape index (κ1) is 10.5. The molecule has 0 bridgehead atoms. The van der Waals surface area contributed by atoms with Crippen LogP contribution in [0.3, 0.4) is 0 Å². The van der Waals surface area contributed by atoms with Gasteiger partial charge in [0.15, 0.2) is 4.77 Å². The van der Waals surface area contributed by atoms with Gasteiger partial charge in [-0.1, -0.05) is 0 Å². The van der Waals surface area contributed by atoms with Crippen LogP contribution < -0.4 is 0 Å². The van der Waals surface area contributed by atoms with E-state index in [-0.39, 0.29) is 0 Å². The molecule has 2 aliphatic rings. The molecule has 1 aromatic heterocycles. The molecule has 5 heteroatoms. The highest BCUT2D eigenvalue weighted by atomic mass is 32.1. The average Bonchev–Trinajstić information content (AvgIpc) is 2.94. The van der Waals surface area contributed by atoms with Crippen molar-refractivity contribution in [2.75, 3.05) is 13.6 Å². The van der Waals surface area contributed by atoms with Gasteiger partial charge >= 0.3 is 0 Å². The highest BCUT2D eigenvalue weighted by molar-refractivity contribution is 7.71. The van der Waals surface area contributed by atoms with Gasteiger partial charge in [0.1, 0.15) is 5.82 Å². The maximum absolute atomic E-state index is 5.32. The van der Waals surface area contributed by atoms with E-state index in [0.717, 1.165) is 11.3 Å². The summed E-state index contributed by atoms with van der Waals surface area (Å²) in [5.74, 6) is 1.85. The minimum absolute atomic E-state index is 0.641. The normalized spacial score (nSPS) is 26.4. The Labute approximate surface area is 101 Å². The predicted octanol–water partition coefficient (Wildman–Crippen LogP) is 1.91. The van der Waals surface area contributed by atoms with E-state index in [1.807, 2.05) is 0 Å². The molecule has 0 spiro atoms. The summed E-state index contributed by atoms with van der Waals surface area (Å²) in [5, 5.41) is 7.32. The van der Waals surface area contributed by atoms with Gasteiger partial charge in [0, 0.05) is 18.5 Å². The van der Waals surface area contributed by atoms with Gasteiger partial charge in [0.2, 0.25) is 0 Å². The molecular formula is C11H18N4S. The topological polar surface area (TPSA) is 36.9 Å². The van der Waals surface area contributed by atoms with Crippen molar-refractivity contribution in [2.24, 2.45) is 0 Å². The van der Waals surface area contributed by atoms with Crippen LogP contribution in [0.4, 0.5) is 0 Å². The van der Waals surface area contributed by atoms with E-state index in [2.05, 4.69) is 26.7 Å². The van der Waals surface area contributed by atoms with Crippen LogP contribution in [0.25, 0.3) is 0 Å². The Hall–Kier alpha value is -0.680. The molecule has 1 N–H and O–H groups in total. The van der Waals surface area contributed by atoms with Crippen molar-refractivity contribution >= 4 is 12.2 Å². The number of likely N-dealkylation sites (tertiary alicyclic amines) is 1. The van der Waals surface area contributed by atoms with Crippen LogP contribution in [0.1, 0.15) is 37.4 Å². The molecule has 0 radical (unpaired) electrons. The van der Waals surface area contributed by atoms with Gasteiger partial charge in [0.05, 0.1) is 0 Å². The molecule has 1 aliphatic carbocycles. The molecule has 1 saturated carbocycles. The average molecular weight is 238 g/mol. The molecule has 0 aromatic carbocycles. The van der Waals surface area contributed by atoms with Crippen molar-refractivity contribution < 1.29 is 0 Å². The number of hydrogen-bond acceptors (Lipinski definition) is 3. The van der Waals surface area contributed by atoms with Gasteiger partial charge in [0.25, 0.3) is 0 Å². The molecule has 4 nitrogen and oxygen atoms in total. The molecule has 1 aromatic rings. The lowest BCUT2D eigenvalue weighted by Gasteiger charge is -2.20. The van der Waals surface area contributed by atoms with Gasteiger partial charge < -0.3 is 9.47 Å². The Morgan fingerprint density at radius 1 is 1.44 bits per heavy atom. The summed E-state index contributed by atoms with van der Waals surface area (Å²) in [6.07, 6.45) is 5.15. The number of nitrogens with zero attached hydrogens (tertiary/aromatic N) is 3. The maximum atomic E-state index is 5.32. The summed E-state index contributed by atoms with van der Waals surface area (Å²) in [5.41, 5.74) is 0. The lowest BCUT2D eigenvalue weighted by atomic mass is 10.2. The zero-order valence-electron chi connectivity index (χ0n) is 9.65. The zero-order chi connectivity index (χ0) is 11.1. The molecule has 1 saturated heterocycles. The predicted molar refractivity (Wildman–Crippen MR) is 65.0 cm³/mol. The number of aromatic amines is 1. The Kier molecular flexibility index (Phi) is 2.59. The monoisotopic (exact) mass is 238 g/mol. The summed E-state index contributed by atoms with van der Waals surface area (Å²) in [7, 11) is 2.21. The molecule has 1 unspecified atom stereocenters. The highest BCUT2D eigenvalue weighted by Crippen LogP contribution is 2.39. The molecule has 16 heavy (non-hydrogen) atoms. The van der Waals surface area contributed by atoms with E-state index in [4.69, 9.17) is 12.2 Å². The third-order valence-electron chi connectivity index (χ3n) is 3.80. The number of H-pyrrole nitrogens is 1. The third-order valence-corrected chi connectivity index (χ3v) is 4.11. The SMILES string of the molecule is CN1CCCC1Cn1c(C2CC2)n[nH]c1=S. The van der Waals surface area contributed by atoms with Gasteiger partial charge in [-0.3, -0.25) is 5.10 Å². The van der Waals surface area contributed by atoms with Crippen LogP contribution in [0, 0.1) is 4.77 Å². The Bertz CT molecular complexity index is 431. The fraction of sp³-hybridized carbons (Fsp3) is 0.818. The second kappa shape index (κ2) is 3.96. The third kappa shape index (κ3) is 1.82. The van der Waals surface area contributed by atoms with Crippen LogP contribution in [-0.4, -0.2) is 39.3 Å². The van der Waals surface area contributed by atoms with Crippen LogP contribution in [-0.2, 0) is 6.54 Å². The van der Waals surface area contributed by atoms with Gasteiger partial charge in [-0.15, -0.1) is 0 Å². The quantitative estimate of drug-likeness (QED) is 0.817. The lowest BCUT2D eigenvalue weighted by Crippen LogP contribution is -2.29. The van der Waals surface area contributed by atoms with Crippen molar-refractivity contribution in [3.63, 3.8) is 0 Å². The smallest absolute Gasteiger partial charge is 0.195 e. The number of aromatic nitrogens is 3. The molecular weight excluding hydrogens is 220 g/mol. The van der Waals surface area contributed by atoms with Crippen LogP contribution in [0.15, 0.2) is 0 Å². The number of rotatable bonds is 3. The van der Waals surface area contributed by atoms with Gasteiger partial charge in [-0.05, 0) is 51.5 Å². The Balaban J connectivity index is 1.82. The van der Waals surface area contributed by atoms with E-state index < -0.39 is 0 Å². The summed E-state index contributed by atoms with van der Waals surface area (Å²) in [6, 6.07) is 0.641. The van der Waals surface area contributed by atoms with Gasteiger partial charge in [-0.25, -0.2) is 0 Å². The first-order chi connectivity index (χ1) is 7.75. The fourth-order valence-electron chi connectivity index (χ4n) is 2.58. The number of nitrogens with one attached hydrogen (secondary N) is 1. The van der Waals surface area contributed by atoms with Crippen molar-refractivity contribution in [2.45, 2.75) is 44.2 Å². The molecule has 88 valence electrons. The minimum atomic E-state index is 0.641. The summed E-state index contributed by atoms with van der Waals surface area (Å²) in [4.78, 5) is 2.44. The zero-order valence-corrected chi connectivity index (χ0v) is 10.5. The molecule has 1 atom stereocenters.